The van der Waals surface area contributed by atoms with Crippen LogP contribution in [0.15, 0.2) is 42.5 Å². The Morgan fingerprint density at radius 3 is 2.33 bits per heavy atom. The number of carbonyl (C=O) groups excluding carboxylic acids is 2. The predicted octanol–water partition coefficient (Wildman–Crippen LogP) is 3.67. The van der Waals surface area contributed by atoms with Crippen LogP contribution in [0.2, 0.25) is 5.02 Å². The van der Waals surface area contributed by atoms with Gasteiger partial charge in [0.05, 0.1) is 11.9 Å². The molecule has 0 unspecified atom stereocenters. The van der Waals surface area contributed by atoms with Crippen LogP contribution in [0.3, 0.4) is 0 Å². The number of nitrogens with one attached hydrogen (secondary N) is 1. The Hall–Kier alpha value is -2.58. The Morgan fingerprint density at radius 1 is 1.09 bits per heavy atom. The van der Waals surface area contributed by atoms with E-state index in [-0.39, 0.29) is 12.5 Å². The highest BCUT2D eigenvalue weighted by Crippen LogP contribution is 2.26. The van der Waals surface area contributed by atoms with Gasteiger partial charge in [-0.15, -0.1) is 0 Å². The molecule has 0 aliphatic heterocycles. The quantitative estimate of drug-likeness (QED) is 0.547. The van der Waals surface area contributed by atoms with Crippen molar-refractivity contribution < 1.29 is 18.0 Å². The maximum atomic E-state index is 13.5. The third-order valence-corrected chi connectivity index (χ3v) is 6.79. The Morgan fingerprint density at radius 2 is 1.76 bits per heavy atom. The highest BCUT2D eigenvalue weighted by atomic mass is 35.5. The van der Waals surface area contributed by atoms with Crippen LogP contribution in [0.1, 0.15) is 37.0 Å². The maximum Gasteiger partial charge on any atom is 0.244 e. The number of anilines is 1. The van der Waals surface area contributed by atoms with Crippen molar-refractivity contribution in [3.8, 4) is 0 Å². The molecular weight excluding hydrogens is 462 g/mol. The molecule has 0 fully saturated rings. The van der Waals surface area contributed by atoms with E-state index in [2.05, 4.69) is 5.32 Å². The summed E-state index contributed by atoms with van der Waals surface area (Å²) >= 11 is 6.03. The molecule has 0 bridgehead atoms. The predicted molar refractivity (Wildman–Crippen MR) is 133 cm³/mol. The highest BCUT2D eigenvalue weighted by molar-refractivity contribution is 7.92. The second-order valence-electron chi connectivity index (χ2n) is 8.12. The molecule has 2 amide bonds. The van der Waals surface area contributed by atoms with Gasteiger partial charge in [-0.2, -0.15) is 0 Å². The van der Waals surface area contributed by atoms with E-state index in [4.69, 9.17) is 11.6 Å². The van der Waals surface area contributed by atoms with Crippen LogP contribution >= 0.6 is 11.6 Å². The molecule has 0 aliphatic rings. The van der Waals surface area contributed by atoms with Crippen molar-refractivity contribution in [2.24, 2.45) is 0 Å². The molecule has 2 aromatic carbocycles. The van der Waals surface area contributed by atoms with Crippen LogP contribution in [0, 0.1) is 13.8 Å². The Bertz CT molecular complexity index is 1100. The number of benzene rings is 2. The molecule has 0 aromatic heterocycles. The first-order chi connectivity index (χ1) is 15.5. The molecule has 2 rings (SSSR count). The molecule has 180 valence electrons. The van der Waals surface area contributed by atoms with Gasteiger partial charge in [-0.1, -0.05) is 42.8 Å². The summed E-state index contributed by atoms with van der Waals surface area (Å²) in [7, 11) is -3.78. The zero-order valence-electron chi connectivity index (χ0n) is 19.8. The second-order valence-corrected chi connectivity index (χ2v) is 10.5. The van der Waals surface area contributed by atoms with Crippen LogP contribution in [0.4, 0.5) is 5.69 Å². The van der Waals surface area contributed by atoms with Gasteiger partial charge in [-0.05, 0) is 62.1 Å². The zero-order valence-corrected chi connectivity index (χ0v) is 21.3. The van der Waals surface area contributed by atoms with Crippen molar-refractivity contribution in [3.63, 3.8) is 0 Å². The van der Waals surface area contributed by atoms with Gasteiger partial charge in [0.1, 0.15) is 12.6 Å². The number of halogens is 1. The van der Waals surface area contributed by atoms with Gasteiger partial charge in [-0.3, -0.25) is 13.9 Å². The number of amides is 2. The number of hydrogen-bond donors (Lipinski definition) is 1. The van der Waals surface area contributed by atoms with Gasteiger partial charge >= 0.3 is 0 Å². The minimum atomic E-state index is -3.78. The molecule has 1 atom stereocenters. The minimum Gasteiger partial charge on any atom is -0.354 e. The van der Waals surface area contributed by atoms with Crippen LogP contribution in [-0.2, 0) is 26.2 Å². The summed E-state index contributed by atoms with van der Waals surface area (Å²) in [5.41, 5.74) is 2.86. The van der Waals surface area contributed by atoms with Crippen LogP contribution in [-0.4, -0.2) is 50.5 Å². The first-order valence-electron chi connectivity index (χ1n) is 10.8. The lowest BCUT2D eigenvalue weighted by molar-refractivity contribution is -0.139. The largest absolute Gasteiger partial charge is 0.354 e. The van der Waals surface area contributed by atoms with Gasteiger partial charge in [0.15, 0.2) is 0 Å². The van der Waals surface area contributed by atoms with E-state index in [0.717, 1.165) is 28.1 Å². The third-order valence-electron chi connectivity index (χ3n) is 5.43. The van der Waals surface area contributed by atoms with Gasteiger partial charge < -0.3 is 10.2 Å². The molecule has 33 heavy (non-hydrogen) atoms. The average Bonchev–Trinajstić information content (AvgIpc) is 2.74. The maximum absolute atomic E-state index is 13.5. The molecule has 2 aromatic rings. The lowest BCUT2D eigenvalue weighted by Crippen LogP contribution is -2.51. The number of carbonyl (C=O) groups is 2. The highest BCUT2D eigenvalue weighted by Gasteiger charge is 2.30. The molecule has 0 radical (unpaired) electrons. The second kappa shape index (κ2) is 11.5. The van der Waals surface area contributed by atoms with Crippen molar-refractivity contribution in [2.75, 3.05) is 23.7 Å². The molecule has 0 heterocycles. The van der Waals surface area contributed by atoms with Crippen molar-refractivity contribution in [1.29, 1.82) is 0 Å². The van der Waals surface area contributed by atoms with E-state index in [9.17, 15) is 18.0 Å². The minimum absolute atomic E-state index is 0.184. The van der Waals surface area contributed by atoms with Gasteiger partial charge in [-0.25, -0.2) is 8.42 Å². The summed E-state index contributed by atoms with van der Waals surface area (Å²) in [5.74, 6) is -0.760. The van der Waals surface area contributed by atoms with Crippen molar-refractivity contribution >= 4 is 39.1 Å². The first kappa shape index (κ1) is 26.7. The fraction of sp³-hybridized carbons (Fsp3) is 0.417. The fourth-order valence-electron chi connectivity index (χ4n) is 3.44. The fourth-order valence-corrected chi connectivity index (χ4v) is 4.58. The normalized spacial score (nSPS) is 12.2. The number of sulfonamides is 1. The van der Waals surface area contributed by atoms with E-state index >= 15 is 0 Å². The number of nitrogens with zero attached hydrogens (tertiary/aromatic N) is 2. The van der Waals surface area contributed by atoms with E-state index < -0.39 is 28.5 Å². The van der Waals surface area contributed by atoms with Crippen molar-refractivity contribution in [3.05, 3.63) is 64.2 Å². The van der Waals surface area contributed by atoms with Crippen LogP contribution in [0.25, 0.3) is 0 Å². The number of aryl methyl sites for hydroxylation is 2. The van der Waals surface area contributed by atoms with Crippen LogP contribution in [0.5, 0.6) is 0 Å². The topological polar surface area (TPSA) is 86.8 Å². The SMILES string of the molecule is CCCNC(=O)[C@H](C)N(Cc1ccccc1C)C(=O)CN(c1ccc(Cl)cc1C)S(C)(=O)=O. The van der Waals surface area contributed by atoms with E-state index in [1.165, 1.54) is 4.90 Å². The number of hydrogen-bond acceptors (Lipinski definition) is 4. The summed E-state index contributed by atoms with van der Waals surface area (Å²) in [5, 5.41) is 3.29. The average molecular weight is 494 g/mol. The van der Waals surface area contributed by atoms with Gasteiger partial charge in [0.25, 0.3) is 0 Å². The molecule has 0 spiro atoms. The molecular formula is C24H32ClN3O4S. The Kier molecular flexibility index (Phi) is 9.31. The van der Waals surface area contributed by atoms with Gasteiger partial charge in [0, 0.05) is 18.1 Å². The van der Waals surface area contributed by atoms with E-state index in [1.807, 2.05) is 38.1 Å². The molecule has 9 heteroatoms. The molecule has 7 nitrogen and oxygen atoms in total. The Balaban J connectivity index is 2.42. The molecule has 0 saturated carbocycles. The summed E-state index contributed by atoms with van der Waals surface area (Å²) in [4.78, 5) is 27.6. The standard InChI is InChI=1S/C24H32ClN3O4S/c1-6-13-26-24(30)19(4)27(15-20-10-8-7-9-17(20)2)23(29)16-28(33(5,31)32)22-12-11-21(25)14-18(22)3/h7-12,14,19H,6,13,15-16H2,1-5H3,(H,26,30)/t19-/m0/s1. The summed E-state index contributed by atoms with van der Waals surface area (Å²) in [6.45, 7) is 7.51. The lowest BCUT2D eigenvalue weighted by Gasteiger charge is -2.32. The first-order valence-corrected chi connectivity index (χ1v) is 13.0. The summed E-state index contributed by atoms with van der Waals surface area (Å²) < 4.78 is 26.3. The zero-order chi connectivity index (χ0) is 24.8. The lowest BCUT2D eigenvalue weighted by atomic mass is 10.1. The van der Waals surface area contributed by atoms with Crippen molar-refractivity contribution in [1.82, 2.24) is 10.2 Å². The number of rotatable bonds is 10. The smallest absolute Gasteiger partial charge is 0.244 e. The summed E-state index contributed by atoms with van der Waals surface area (Å²) in [6.07, 6.45) is 1.82. The molecule has 0 saturated heterocycles. The Labute approximate surface area is 201 Å². The summed E-state index contributed by atoms with van der Waals surface area (Å²) in [6, 6.07) is 11.6. The monoisotopic (exact) mass is 493 g/mol. The van der Waals surface area contributed by atoms with E-state index in [1.54, 1.807) is 32.0 Å². The van der Waals surface area contributed by atoms with Crippen molar-refractivity contribution in [2.45, 2.75) is 46.7 Å². The van der Waals surface area contributed by atoms with Gasteiger partial charge in [0.2, 0.25) is 21.8 Å². The van der Waals surface area contributed by atoms with Crippen LogP contribution < -0.4 is 9.62 Å². The molecule has 1 N–H and O–H groups in total. The molecule has 0 aliphatic carbocycles. The third kappa shape index (κ3) is 7.20. The van der Waals surface area contributed by atoms with E-state index in [0.29, 0.717) is 22.8 Å².